The van der Waals surface area contributed by atoms with Gasteiger partial charge in [-0.3, -0.25) is 4.90 Å². The number of β-amino-alcohol motifs (C(OH)–C–C–N with tert-alkyl or cyclic N) is 1. The second kappa shape index (κ2) is 10.9. The number of aryl methyl sites for hydroxylation is 1. The van der Waals surface area contributed by atoms with E-state index in [0.29, 0.717) is 6.54 Å². The molecule has 0 saturated carbocycles. The maximum atomic E-state index is 11.0. The number of aliphatic hydroxyl groups excluding tert-OH is 1. The van der Waals surface area contributed by atoms with Crippen molar-refractivity contribution < 1.29 is 9.84 Å². The minimum atomic E-state index is -0.582. The van der Waals surface area contributed by atoms with Crippen LogP contribution in [-0.4, -0.2) is 40.4 Å². The van der Waals surface area contributed by atoms with Gasteiger partial charge in [0.15, 0.2) is 0 Å². The molecule has 6 rings (SSSR count). The highest BCUT2D eigenvalue weighted by molar-refractivity contribution is 5.85. The van der Waals surface area contributed by atoms with E-state index in [9.17, 15) is 5.11 Å². The third-order valence-electron chi connectivity index (χ3n) is 7.74. The van der Waals surface area contributed by atoms with Gasteiger partial charge in [-0.15, -0.1) is 0 Å². The Kier molecular flexibility index (Phi) is 7.00. The predicted octanol–water partition coefficient (Wildman–Crippen LogP) is 6.43. The van der Waals surface area contributed by atoms with E-state index in [0.717, 1.165) is 36.3 Å². The molecule has 1 aliphatic heterocycles. The molecule has 5 aromatic rings. The number of aromatic nitrogens is 1. The quantitative estimate of drug-likeness (QED) is 0.266. The molecule has 1 N–H and O–H groups in total. The number of hydrogen-bond acceptors (Lipinski definition) is 3. The van der Waals surface area contributed by atoms with E-state index in [2.05, 4.69) is 114 Å². The maximum Gasteiger partial charge on any atom is 0.120 e. The SMILES string of the molecule is Cn1ccc2ccc(-c3cccc(OCC(O)CN4CCc5ccccc5C4Cc4ccccc4)c3)cc21. The largest absolute Gasteiger partial charge is 0.491 e. The highest BCUT2D eigenvalue weighted by Crippen LogP contribution is 2.33. The highest BCUT2D eigenvalue weighted by Gasteiger charge is 2.28. The molecular formula is C34H34N2O2. The summed E-state index contributed by atoms with van der Waals surface area (Å²) in [5.74, 6) is 0.776. The summed E-state index contributed by atoms with van der Waals surface area (Å²) in [5.41, 5.74) is 7.57. The molecule has 0 bridgehead atoms. The average Bonchev–Trinajstić information content (AvgIpc) is 3.33. The standard InChI is InChI=1S/C34H34N2O2/c1-35-18-16-27-14-15-29(22-33(27)35)28-11-7-12-31(21-28)38-24-30(37)23-36-19-17-26-10-5-6-13-32(26)34(36)20-25-8-3-2-4-9-25/h2-16,18,21-22,30,34,37H,17,19-20,23-24H2,1H3. The number of hydrogen-bond donors (Lipinski definition) is 1. The normalized spacial score (nSPS) is 16.3. The highest BCUT2D eigenvalue weighted by atomic mass is 16.5. The fraction of sp³-hybridized carbons (Fsp3) is 0.235. The summed E-state index contributed by atoms with van der Waals surface area (Å²) in [6, 6.07) is 36.4. The summed E-state index contributed by atoms with van der Waals surface area (Å²) in [5, 5.41) is 12.3. The van der Waals surface area contributed by atoms with Crippen LogP contribution in [0.25, 0.3) is 22.0 Å². The molecule has 38 heavy (non-hydrogen) atoms. The van der Waals surface area contributed by atoms with Gasteiger partial charge in [0, 0.05) is 37.9 Å². The first-order chi connectivity index (χ1) is 18.6. The minimum Gasteiger partial charge on any atom is -0.491 e. The molecule has 2 unspecified atom stereocenters. The van der Waals surface area contributed by atoms with E-state index in [-0.39, 0.29) is 12.6 Å². The van der Waals surface area contributed by atoms with Crippen LogP contribution in [0.5, 0.6) is 5.75 Å². The van der Waals surface area contributed by atoms with E-state index in [1.807, 2.05) is 12.1 Å². The molecule has 4 nitrogen and oxygen atoms in total. The van der Waals surface area contributed by atoms with Crippen LogP contribution in [0.4, 0.5) is 0 Å². The Bertz CT molecular complexity index is 1520. The van der Waals surface area contributed by atoms with Crippen molar-refractivity contribution in [2.24, 2.45) is 7.05 Å². The maximum absolute atomic E-state index is 11.0. The fourth-order valence-electron chi connectivity index (χ4n) is 5.72. The lowest BCUT2D eigenvalue weighted by atomic mass is 9.88. The summed E-state index contributed by atoms with van der Waals surface area (Å²) < 4.78 is 8.25. The van der Waals surface area contributed by atoms with Crippen molar-refractivity contribution in [2.75, 3.05) is 19.7 Å². The molecule has 0 radical (unpaired) electrons. The van der Waals surface area contributed by atoms with Gasteiger partial charge in [-0.05, 0) is 70.3 Å². The molecule has 2 heterocycles. The second-order valence-electron chi connectivity index (χ2n) is 10.3. The van der Waals surface area contributed by atoms with Crippen molar-refractivity contribution in [3.8, 4) is 16.9 Å². The first-order valence-electron chi connectivity index (χ1n) is 13.5. The van der Waals surface area contributed by atoms with E-state index in [1.54, 1.807) is 0 Å². The molecule has 4 aromatic carbocycles. The number of nitrogens with zero attached hydrogens (tertiary/aromatic N) is 2. The summed E-state index contributed by atoms with van der Waals surface area (Å²) in [4.78, 5) is 2.43. The number of benzene rings is 4. The van der Waals surface area contributed by atoms with Crippen LogP contribution in [0.2, 0.25) is 0 Å². The van der Waals surface area contributed by atoms with Gasteiger partial charge in [0.05, 0.1) is 0 Å². The third-order valence-corrected chi connectivity index (χ3v) is 7.74. The molecular weight excluding hydrogens is 468 g/mol. The average molecular weight is 503 g/mol. The lowest BCUT2D eigenvalue weighted by molar-refractivity contribution is 0.0483. The Labute approximate surface area is 224 Å². The van der Waals surface area contributed by atoms with Gasteiger partial charge in [-0.25, -0.2) is 0 Å². The molecule has 4 heteroatoms. The van der Waals surface area contributed by atoms with Crippen LogP contribution in [0.1, 0.15) is 22.7 Å². The Morgan fingerprint density at radius 2 is 1.68 bits per heavy atom. The Morgan fingerprint density at radius 1 is 0.868 bits per heavy atom. The summed E-state index contributed by atoms with van der Waals surface area (Å²) >= 11 is 0. The molecule has 0 amide bonds. The summed E-state index contributed by atoms with van der Waals surface area (Å²) in [7, 11) is 2.07. The van der Waals surface area contributed by atoms with Crippen LogP contribution in [0.3, 0.4) is 0 Å². The zero-order valence-corrected chi connectivity index (χ0v) is 21.8. The van der Waals surface area contributed by atoms with Crippen LogP contribution in [0.15, 0.2) is 109 Å². The van der Waals surface area contributed by atoms with Gasteiger partial charge in [0.2, 0.25) is 0 Å². The fourth-order valence-corrected chi connectivity index (χ4v) is 5.72. The number of rotatable bonds is 8. The van der Waals surface area contributed by atoms with Gasteiger partial charge in [0.1, 0.15) is 18.5 Å². The van der Waals surface area contributed by atoms with Crippen LogP contribution in [0, 0.1) is 0 Å². The van der Waals surface area contributed by atoms with E-state index >= 15 is 0 Å². The first-order valence-corrected chi connectivity index (χ1v) is 13.5. The molecule has 0 saturated heterocycles. The van der Waals surface area contributed by atoms with Gasteiger partial charge in [-0.2, -0.15) is 0 Å². The molecule has 192 valence electrons. The van der Waals surface area contributed by atoms with Crippen LogP contribution < -0.4 is 4.74 Å². The topological polar surface area (TPSA) is 37.6 Å². The molecule has 2 atom stereocenters. The summed E-state index contributed by atoms with van der Waals surface area (Å²) in [6.45, 7) is 1.77. The summed E-state index contributed by atoms with van der Waals surface area (Å²) in [6.07, 6.45) is 3.43. The minimum absolute atomic E-state index is 0.243. The molecule has 1 aromatic heterocycles. The van der Waals surface area contributed by atoms with Gasteiger partial charge in [0.25, 0.3) is 0 Å². The van der Waals surface area contributed by atoms with E-state index in [4.69, 9.17) is 4.74 Å². The predicted molar refractivity (Wildman–Crippen MR) is 154 cm³/mol. The number of ether oxygens (including phenoxy) is 1. The van der Waals surface area contributed by atoms with Gasteiger partial charge < -0.3 is 14.4 Å². The Balaban J connectivity index is 1.14. The van der Waals surface area contributed by atoms with Crippen molar-refractivity contribution in [2.45, 2.75) is 25.0 Å². The van der Waals surface area contributed by atoms with Crippen molar-refractivity contribution in [3.63, 3.8) is 0 Å². The van der Waals surface area contributed by atoms with Crippen molar-refractivity contribution in [3.05, 3.63) is 126 Å². The smallest absolute Gasteiger partial charge is 0.120 e. The number of aliphatic hydroxyl groups is 1. The lowest BCUT2D eigenvalue weighted by Gasteiger charge is -2.38. The van der Waals surface area contributed by atoms with Gasteiger partial charge in [-0.1, -0.05) is 78.9 Å². The number of fused-ring (bicyclic) bond motifs is 2. The lowest BCUT2D eigenvalue weighted by Crippen LogP contribution is -2.42. The second-order valence-corrected chi connectivity index (χ2v) is 10.3. The third kappa shape index (κ3) is 5.24. The molecule has 0 aliphatic carbocycles. The molecule has 1 aliphatic rings. The van der Waals surface area contributed by atoms with Crippen molar-refractivity contribution >= 4 is 10.9 Å². The zero-order valence-electron chi connectivity index (χ0n) is 21.8. The van der Waals surface area contributed by atoms with Crippen LogP contribution in [-0.2, 0) is 19.9 Å². The Morgan fingerprint density at radius 3 is 2.58 bits per heavy atom. The zero-order chi connectivity index (χ0) is 25.9. The molecule has 0 fully saturated rings. The first kappa shape index (κ1) is 24.5. The van der Waals surface area contributed by atoms with Gasteiger partial charge >= 0.3 is 0 Å². The van der Waals surface area contributed by atoms with E-state index < -0.39 is 6.10 Å². The van der Waals surface area contributed by atoms with Crippen molar-refractivity contribution in [1.82, 2.24) is 9.47 Å². The van der Waals surface area contributed by atoms with Crippen LogP contribution >= 0.6 is 0 Å². The van der Waals surface area contributed by atoms with Crippen molar-refractivity contribution in [1.29, 1.82) is 0 Å². The monoisotopic (exact) mass is 502 g/mol. The molecule has 0 spiro atoms. The Hall–Kier alpha value is -3.86. The van der Waals surface area contributed by atoms with E-state index in [1.165, 1.54) is 27.6 Å².